The molecule has 0 bridgehead atoms. The van der Waals surface area contributed by atoms with Crippen LogP contribution in [-0.4, -0.2) is 19.1 Å². The molecule has 0 fully saturated rings. The molecule has 2 rings (SSSR count). The van der Waals surface area contributed by atoms with E-state index in [2.05, 4.69) is 10.3 Å². The standard InChI is InChI=1S/C12H13FN2OS/c1-14-11(8-4-6-17-7-8)9-3-5-15-12(16-2)10(9)13/h3-7,11,14H,1-2H3. The van der Waals surface area contributed by atoms with Crippen LogP contribution in [0.2, 0.25) is 0 Å². The number of nitrogens with one attached hydrogen (secondary N) is 1. The van der Waals surface area contributed by atoms with Crippen molar-refractivity contribution in [2.45, 2.75) is 6.04 Å². The number of rotatable bonds is 4. The van der Waals surface area contributed by atoms with Gasteiger partial charge in [0.25, 0.3) is 0 Å². The molecule has 1 N–H and O–H groups in total. The van der Waals surface area contributed by atoms with E-state index in [0.29, 0.717) is 5.56 Å². The van der Waals surface area contributed by atoms with Crippen LogP contribution in [0.4, 0.5) is 4.39 Å². The lowest BCUT2D eigenvalue weighted by Crippen LogP contribution is -2.18. The van der Waals surface area contributed by atoms with Crippen molar-refractivity contribution in [3.63, 3.8) is 0 Å². The smallest absolute Gasteiger partial charge is 0.250 e. The Bertz CT molecular complexity index is 487. The molecule has 2 aromatic heterocycles. The Hall–Kier alpha value is -1.46. The molecule has 0 aliphatic carbocycles. The topological polar surface area (TPSA) is 34.2 Å². The zero-order valence-electron chi connectivity index (χ0n) is 9.61. The molecule has 0 radical (unpaired) electrons. The summed E-state index contributed by atoms with van der Waals surface area (Å²) in [5.41, 5.74) is 1.57. The van der Waals surface area contributed by atoms with Gasteiger partial charge in [-0.1, -0.05) is 0 Å². The molecule has 1 unspecified atom stereocenters. The number of hydrogen-bond acceptors (Lipinski definition) is 4. The molecular formula is C12H13FN2OS. The molecule has 0 aromatic carbocycles. The number of pyridine rings is 1. The summed E-state index contributed by atoms with van der Waals surface area (Å²) in [6, 6.07) is 3.45. The number of halogens is 1. The number of methoxy groups -OCH3 is 1. The maximum absolute atomic E-state index is 14.1. The van der Waals surface area contributed by atoms with Crippen molar-refractivity contribution in [3.05, 3.63) is 46.0 Å². The predicted octanol–water partition coefficient (Wildman–Crippen LogP) is 2.60. The second-order valence-corrected chi connectivity index (χ2v) is 4.28. The molecule has 0 aliphatic heterocycles. The van der Waals surface area contributed by atoms with Gasteiger partial charge in [-0.2, -0.15) is 11.3 Å². The Balaban J connectivity index is 2.44. The summed E-state index contributed by atoms with van der Waals surface area (Å²) >= 11 is 1.58. The molecule has 3 nitrogen and oxygen atoms in total. The minimum atomic E-state index is -0.416. The number of aromatic nitrogens is 1. The van der Waals surface area contributed by atoms with Crippen LogP contribution in [0.1, 0.15) is 17.2 Å². The van der Waals surface area contributed by atoms with Crippen molar-refractivity contribution < 1.29 is 9.13 Å². The average Bonchev–Trinajstić information content (AvgIpc) is 2.86. The molecule has 5 heteroatoms. The number of thiophene rings is 1. The summed E-state index contributed by atoms with van der Waals surface area (Å²) in [4.78, 5) is 3.83. The van der Waals surface area contributed by atoms with E-state index < -0.39 is 5.82 Å². The Morgan fingerprint density at radius 3 is 2.88 bits per heavy atom. The van der Waals surface area contributed by atoms with Gasteiger partial charge < -0.3 is 10.1 Å². The molecule has 0 saturated heterocycles. The Morgan fingerprint density at radius 1 is 1.47 bits per heavy atom. The summed E-state index contributed by atoms with van der Waals surface area (Å²) in [5, 5.41) is 7.06. The van der Waals surface area contributed by atoms with E-state index in [-0.39, 0.29) is 11.9 Å². The van der Waals surface area contributed by atoms with Crippen LogP contribution in [-0.2, 0) is 0 Å². The van der Waals surface area contributed by atoms with Crippen molar-refractivity contribution in [2.24, 2.45) is 0 Å². The first-order valence-corrected chi connectivity index (χ1v) is 6.10. The van der Waals surface area contributed by atoms with Gasteiger partial charge in [0, 0.05) is 11.8 Å². The molecule has 17 heavy (non-hydrogen) atoms. The van der Waals surface area contributed by atoms with Gasteiger partial charge in [0.2, 0.25) is 5.88 Å². The van der Waals surface area contributed by atoms with Gasteiger partial charge in [0.1, 0.15) is 0 Å². The maximum Gasteiger partial charge on any atom is 0.250 e. The largest absolute Gasteiger partial charge is 0.479 e. The lowest BCUT2D eigenvalue weighted by atomic mass is 10.0. The fourth-order valence-corrected chi connectivity index (χ4v) is 2.43. The molecule has 0 saturated carbocycles. The monoisotopic (exact) mass is 252 g/mol. The summed E-state index contributed by atoms with van der Waals surface area (Å²) < 4.78 is 19.0. The third-order valence-corrected chi connectivity index (χ3v) is 3.26. The minimum absolute atomic E-state index is 0.0259. The Kier molecular flexibility index (Phi) is 3.71. The maximum atomic E-state index is 14.1. The quantitative estimate of drug-likeness (QED) is 0.908. The SMILES string of the molecule is CNC(c1ccsc1)c1ccnc(OC)c1F. The van der Waals surface area contributed by atoms with E-state index in [9.17, 15) is 4.39 Å². The fraction of sp³-hybridized carbons (Fsp3) is 0.250. The third kappa shape index (κ3) is 2.30. The summed E-state index contributed by atoms with van der Waals surface area (Å²) in [6.45, 7) is 0. The van der Waals surface area contributed by atoms with Crippen LogP contribution in [0.3, 0.4) is 0 Å². The van der Waals surface area contributed by atoms with Crippen LogP contribution in [0, 0.1) is 5.82 Å². The van der Waals surface area contributed by atoms with Gasteiger partial charge in [-0.3, -0.25) is 0 Å². The van der Waals surface area contributed by atoms with Crippen LogP contribution >= 0.6 is 11.3 Å². The van der Waals surface area contributed by atoms with Gasteiger partial charge in [-0.15, -0.1) is 0 Å². The average molecular weight is 252 g/mol. The highest BCUT2D eigenvalue weighted by atomic mass is 32.1. The van der Waals surface area contributed by atoms with Gasteiger partial charge in [0.05, 0.1) is 13.2 Å². The summed E-state index contributed by atoms with van der Waals surface area (Å²) in [7, 11) is 3.21. The van der Waals surface area contributed by atoms with Crippen LogP contribution in [0.5, 0.6) is 5.88 Å². The molecule has 2 aromatic rings. The number of nitrogens with zero attached hydrogens (tertiary/aromatic N) is 1. The first-order chi connectivity index (χ1) is 8.27. The van der Waals surface area contributed by atoms with Crippen molar-refractivity contribution in [2.75, 3.05) is 14.2 Å². The van der Waals surface area contributed by atoms with Crippen LogP contribution in [0.25, 0.3) is 0 Å². The first kappa shape index (κ1) is 12.0. The molecule has 0 aliphatic rings. The lowest BCUT2D eigenvalue weighted by molar-refractivity contribution is 0.365. The molecule has 0 spiro atoms. The van der Waals surface area contributed by atoms with Gasteiger partial charge in [-0.05, 0) is 35.5 Å². The van der Waals surface area contributed by atoms with Gasteiger partial charge in [-0.25, -0.2) is 9.37 Å². The van der Waals surface area contributed by atoms with Gasteiger partial charge >= 0.3 is 0 Å². The normalized spacial score (nSPS) is 12.4. The second-order valence-electron chi connectivity index (χ2n) is 3.50. The van der Waals surface area contributed by atoms with E-state index in [1.807, 2.05) is 16.8 Å². The van der Waals surface area contributed by atoms with Gasteiger partial charge in [0.15, 0.2) is 5.82 Å². The third-order valence-electron chi connectivity index (χ3n) is 2.56. The van der Waals surface area contributed by atoms with Crippen molar-refractivity contribution in [1.29, 1.82) is 0 Å². The summed E-state index contributed by atoms with van der Waals surface area (Å²) in [6.07, 6.45) is 1.55. The van der Waals surface area contributed by atoms with E-state index in [1.54, 1.807) is 30.6 Å². The first-order valence-electron chi connectivity index (χ1n) is 5.15. The zero-order chi connectivity index (χ0) is 12.3. The second kappa shape index (κ2) is 5.25. The predicted molar refractivity (Wildman–Crippen MR) is 66.0 cm³/mol. The van der Waals surface area contributed by atoms with Crippen molar-refractivity contribution in [1.82, 2.24) is 10.3 Å². The lowest BCUT2D eigenvalue weighted by Gasteiger charge is -2.16. The van der Waals surface area contributed by atoms with Crippen LogP contribution in [0.15, 0.2) is 29.1 Å². The zero-order valence-corrected chi connectivity index (χ0v) is 10.4. The highest BCUT2D eigenvalue weighted by molar-refractivity contribution is 7.08. The van der Waals surface area contributed by atoms with Crippen molar-refractivity contribution in [3.8, 4) is 5.88 Å². The van der Waals surface area contributed by atoms with E-state index in [4.69, 9.17) is 4.74 Å². The molecule has 2 heterocycles. The van der Waals surface area contributed by atoms with E-state index >= 15 is 0 Å². The Morgan fingerprint density at radius 2 is 2.29 bits per heavy atom. The van der Waals surface area contributed by atoms with Crippen molar-refractivity contribution >= 4 is 11.3 Å². The number of ether oxygens (including phenoxy) is 1. The fourth-order valence-electron chi connectivity index (χ4n) is 1.74. The molecule has 0 amide bonds. The van der Waals surface area contributed by atoms with Crippen LogP contribution < -0.4 is 10.1 Å². The van der Waals surface area contributed by atoms with E-state index in [1.165, 1.54) is 7.11 Å². The minimum Gasteiger partial charge on any atom is -0.479 e. The van der Waals surface area contributed by atoms with E-state index in [0.717, 1.165) is 5.56 Å². The molecular weight excluding hydrogens is 239 g/mol. The summed E-state index contributed by atoms with van der Waals surface area (Å²) in [5.74, 6) is -0.390. The highest BCUT2D eigenvalue weighted by Crippen LogP contribution is 2.28. The molecule has 90 valence electrons. The highest BCUT2D eigenvalue weighted by Gasteiger charge is 2.19. The Labute approximate surface area is 103 Å². The number of hydrogen-bond donors (Lipinski definition) is 1. The molecule has 1 atom stereocenters.